The molecule has 1 aliphatic carbocycles. The zero-order valence-corrected chi connectivity index (χ0v) is 27.8. The van der Waals surface area contributed by atoms with Crippen molar-refractivity contribution in [3.05, 3.63) is 199 Å². The Bertz CT molecular complexity index is 2040. The molecule has 0 unspecified atom stereocenters. The molecule has 0 saturated heterocycles. The Hall–Kier alpha value is -5.44. The summed E-state index contributed by atoms with van der Waals surface area (Å²) in [4.78, 5) is 2.40. The molecule has 1 nitrogen and oxygen atoms in total. The van der Waals surface area contributed by atoms with Crippen LogP contribution >= 0.6 is 0 Å². The number of nitrogens with zero attached hydrogens (tertiary/aromatic N) is 1. The Morgan fingerprint density at radius 1 is 0.362 bits per heavy atom. The van der Waals surface area contributed by atoms with Gasteiger partial charge in [-0.25, -0.2) is 0 Å². The van der Waals surface area contributed by atoms with E-state index in [1.807, 2.05) is 0 Å². The largest absolute Gasteiger partial charge is 0.310 e. The molecule has 0 aliphatic heterocycles. The van der Waals surface area contributed by atoms with Crippen LogP contribution in [0.25, 0.3) is 11.1 Å². The van der Waals surface area contributed by atoms with Crippen molar-refractivity contribution in [2.24, 2.45) is 0 Å². The van der Waals surface area contributed by atoms with E-state index in [1.54, 1.807) is 0 Å². The van der Waals surface area contributed by atoms with Crippen molar-refractivity contribution >= 4 is 45.9 Å². The average Bonchev–Trinajstić information content (AvgIpc) is 3.37. The molecule has 0 bridgehead atoms. The van der Waals surface area contributed by atoms with Crippen LogP contribution in [0.4, 0.5) is 17.1 Å². The van der Waals surface area contributed by atoms with Crippen LogP contribution in [0.1, 0.15) is 25.0 Å². The normalized spacial score (nSPS) is 13.1. The van der Waals surface area contributed by atoms with Gasteiger partial charge in [-0.1, -0.05) is 166 Å². The van der Waals surface area contributed by atoms with Gasteiger partial charge in [0.15, 0.2) is 8.07 Å². The van der Waals surface area contributed by atoms with Crippen LogP contribution in [-0.2, 0) is 5.41 Å². The van der Waals surface area contributed by atoms with Crippen molar-refractivity contribution in [3.8, 4) is 11.1 Å². The highest BCUT2D eigenvalue weighted by molar-refractivity contribution is 7.19. The lowest BCUT2D eigenvalue weighted by Gasteiger charge is -2.35. The maximum atomic E-state index is 2.41. The van der Waals surface area contributed by atoms with E-state index in [1.165, 1.54) is 48.7 Å². The zero-order chi connectivity index (χ0) is 31.8. The summed E-state index contributed by atoms with van der Waals surface area (Å²) in [7, 11) is -2.60. The van der Waals surface area contributed by atoms with Gasteiger partial charge in [0.05, 0.1) is 0 Å². The van der Waals surface area contributed by atoms with Gasteiger partial charge in [0.2, 0.25) is 0 Å². The first kappa shape index (κ1) is 29.0. The van der Waals surface area contributed by atoms with Crippen molar-refractivity contribution in [3.63, 3.8) is 0 Å². The maximum Gasteiger partial charge on any atom is 0.179 e. The second-order valence-corrected chi connectivity index (χ2v) is 16.8. The van der Waals surface area contributed by atoms with Gasteiger partial charge < -0.3 is 4.90 Å². The van der Waals surface area contributed by atoms with Crippen LogP contribution in [0, 0.1) is 0 Å². The molecule has 0 radical (unpaired) electrons. The minimum atomic E-state index is -2.60. The second kappa shape index (κ2) is 11.7. The molecule has 226 valence electrons. The highest BCUT2D eigenvalue weighted by Gasteiger charge is 2.41. The summed E-state index contributed by atoms with van der Waals surface area (Å²) < 4.78 is 0. The van der Waals surface area contributed by atoms with Crippen LogP contribution < -0.4 is 25.6 Å². The van der Waals surface area contributed by atoms with E-state index in [-0.39, 0.29) is 5.41 Å². The smallest absolute Gasteiger partial charge is 0.179 e. The highest BCUT2D eigenvalue weighted by Crippen LogP contribution is 2.50. The third-order valence-corrected chi connectivity index (χ3v) is 14.8. The molecule has 0 heterocycles. The van der Waals surface area contributed by atoms with Crippen molar-refractivity contribution < 1.29 is 0 Å². The summed E-state index contributed by atoms with van der Waals surface area (Å²) in [6.07, 6.45) is 0. The quantitative estimate of drug-likeness (QED) is 0.127. The molecule has 0 amide bonds. The number of hydrogen-bond donors (Lipinski definition) is 0. The van der Waals surface area contributed by atoms with E-state index in [0.717, 1.165) is 11.4 Å². The summed E-state index contributed by atoms with van der Waals surface area (Å²) in [6, 6.07) is 69.4. The van der Waals surface area contributed by atoms with Gasteiger partial charge in [-0.05, 0) is 79.4 Å². The third-order valence-electron chi connectivity index (χ3n) is 10.0. The maximum absolute atomic E-state index is 2.60. The molecule has 0 aromatic heterocycles. The number of benzene rings is 7. The van der Waals surface area contributed by atoms with Gasteiger partial charge in [0.25, 0.3) is 0 Å². The minimum Gasteiger partial charge on any atom is -0.310 e. The minimum absolute atomic E-state index is 0.0690. The van der Waals surface area contributed by atoms with E-state index in [4.69, 9.17) is 0 Å². The predicted octanol–water partition coefficient (Wildman–Crippen LogP) is 8.84. The van der Waals surface area contributed by atoms with Crippen LogP contribution in [-0.4, -0.2) is 8.07 Å². The van der Waals surface area contributed by atoms with E-state index in [2.05, 4.69) is 207 Å². The van der Waals surface area contributed by atoms with Gasteiger partial charge in [-0.3, -0.25) is 0 Å². The van der Waals surface area contributed by atoms with Crippen LogP contribution in [0.3, 0.4) is 0 Å². The standard InChI is InChI=1S/C45H37NSi/c1-45(2)43-26-16-15-25-41(43)42-32-29-36(33-44(42)45)46(34-17-7-3-8-18-34)35-27-30-40(31-28-35)47(37-19-9-4-10-20-37,38-21-11-5-12-22-38)39-23-13-6-14-24-39/h3-33H,1-2H3. The Labute approximate surface area is 279 Å². The third kappa shape index (κ3) is 4.76. The molecule has 47 heavy (non-hydrogen) atoms. The van der Waals surface area contributed by atoms with Crippen molar-refractivity contribution in [2.75, 3.05) is 4.90 Å². The van der Waals surface area contributed by atoms with E-state index in [0.29, 0.717) is 0 Å². The lowest BCUT2D eigenvalue weighted by atomic mass is 9.82. The Morgan fingerprint density at radius 2 is 0.766 bits per heavy atom. The summed E-state index contributed by atoms with van der Waals surface area (Å²) in [5, 5.41) is 5.50. The molecule has 0 fully saturated rings. The molecule has 0 atom stereocenters. The summed E-state index contributed by atoms with van der Waals surface area (Å²) >= 11 is 0. The Morgan fingerprint density at radius 3 is 1.32 bits per heavy atom. The van der Waals surface area contributed by atoms with Crippen LogP contribution in [0.2, 0.25) is 0 Å². The van der Waals surface area contributed by atoms with Crippen molar-refractivity contribution in [1.29, 1.82) is 0 Å². The molecule has 7 aromatic carbocycles. The SMILES string of the molecule is CC1(C)c2ccccc2-c2ccc(N(c3ccccc3)c3ccc([Si](c4ccccc4)(c4ccccc4)c4ccccc4)cc3)cc21. The first-order valence-electron chi connectivity index (χ1n) is 16.5. The van der Waals surface area contributed by atoms with Gasteiger partial charge in [0.1, 0.15) is 0 Å². The monoisotopic (exact) mass is 619 g/mol. The number of para-hydroxylation sites is 1. The van der Waals surface area contributed by atoms with Gasteiger partial charge in [-0.2, -0.15) is 0 Å². The van der Waals surface area contributed by atoms with E-state index >= 15 is 0 Å². The Balaban J connectivity index is 1.30. The lowest BCUT2D eigenvalue weighted by Crippen LogP contribution is -2.74. The van der Waals surface area contributed by atoms with Gasteiger partial charge in [-0.15, -0.1) is 0 Å². The molecule has 2 heteroatoms. The molecule has 0 spiro atoms. The van der Waals surface area contributed by atoms with Crippen molar-refractivity contribution in [1.82, 2.24) is 0 Å². The average molecular weight is 620 g/mol. The highest BCUT2D eigenvalue weighted by atomic mass is 28.3. The molecular weight excluding hydrogens is 583 g/mol. The number of fused-ring (bicyclic) bond motifs is 3. The lowest BCUT2D eigenvalue weighted by molar-refractivity contribution is 0.660. The van der Waals surface area contributed by atoms with E-state index in [9.17, 15) is 0 Å². The zero-order valence-electron chi connectivity index (χ0n) is 26.8. The van der Waals surface area contributed by atoms with Crippen LogP contribution in [0.15, 0.2) is 188 Å². The topological polar surface area (TPSA) is 3.24 Å². The molecule has 7 aromatic rings. The fraction of sp³-hybridized carbons (Fsp3) is 0.0667. The molecule has 0 saturated carbocycles. The molecule has 0 N–H and O–H groups in total. The predicted molar refractivity (Wildman–Crippen MR) is 202 cm³/mol. The van der Waals surface area contributed by atoms with Gasteiger partial charge in [0, 0.05) is 22.5 Å². The molecular formula is C45H37NSi. The first-order chi connectivity index (χ1) is 23.1. The number of rotatable bonds is 7. The summed E-state index contributed by atoms with van der Waals surface area (Å²) in [5.41, 5.74) is 8.84. The molecule has 1 aliphatic rings. The summed E-state index contributed by atoms with van der Waals surface area (Å²) in [5.74, 6) is 0. The van der Waals surface area contributed by atoms with E-state index < -0.39 is 8.07 Å². The van der Waals surface area contributed by atoms with Gasteiger partial charge >= 0.3 is 0 Å². The fourth-order valence-electron chi connectivity index (χ4n) is 7.78. The fourth-order valence-corrected chi connectivity index (χ4v) is 12.5. The molecule has 8 rings (SSSR count). The van der Waals surface area contributed by atoms with Crippen molar-refractivity contribution in [2.45, 2.75) is 19.3 Å². The summed E-state index contributed by atoms with van der Waals surface area (Å²) in [6.45, 7) is 4.70. The second-order valence-electron chi connectivity index (χ2n) is 13.0. The number of anilines is 3. The van der Waals surface area contributed by atoms with Crippen LogP contribution in [0.5, 0.6) is 0 Å². The first-order valence-corrected chi connectivity index (χ1v) is 18.5. The number of hydrogen-bond acceptors (Lipinski definition) is 1. The Kier molecular flexibility index (Phi) is 7.23.